The number of nitrogens with zero attached hydrogens (tertiary/aromatic N) is 2. The van der Waals surface area contributed by atoms with Crippen LogP contribution in [0.3, 0.4) is 0 Å². The summed E-state index contributed by atoms with van der Waals surface area (Å²) >= 11 is 0. The van der Waals surface area contributed by atoms with E-state index in [2.05, 4.69) is 78.0 Å². The van der Waals surface area contributed by atoms with E-state index < -0.39 is 0 Å². The first-order chi connectivity index (χ1) is 13.8. The molecule has 2 aliphatic carbocycles. The predicted octanol–water partition coefficient (Wildman–Crippen LogP) is 5.10. The van der Waals surface area contributed by atoms with Gasteiger partial charge in [0, 0.05) is 16.9 Å². The van der Waals surface area contributed by atoms with Gasteiger partial charge in [-0.05, 0) is 36.0 Å². The Morgan fingerprint density at radius 2 is 1.64 bits per heavy atom. The molecule has 1 aliphatic heterocycles. The van der Waals surface area contributed by atoms with Crippen molar-refractivity contribution in [3.8, 4) is 0 Å². The molecule has 3 nitrogen and oxygen atoms in total. The normalized spacial score (nSPS) is 20.8. The number of benzene rings is 2. The van der Waals surface area contributed by atoms with Gasteiger partial charge in [0.2, 0.25) is 0 Å². The van der Waals surface area contributed by atoms with Gasteiger partial charge in [0.15, 0.2) is 0 Å². The zero-order chi connectivity index (χ0) is 19.0. The van der Waals surface area contributed by atoms with Crippen LogP contribution in [0.1, 0.15) is 30.4 Å². The van der Waals surface area contributed by atoms with E-state index >= 15 is 0 Å². The van der Waals surface area contributed by atoms with Crippen LogP contribution < -0.4 is 0 Å². The van der Waals surface area contributed by atoms with E-state index in [-0.39, 0.29) is 5.41 Å². The summed E-state index contributed by atoms with van der Waals surface area (Å²) in [5.41, 5.74) is 7.23. The van der Waals surface area contributed by atoms with Gasteiger partial charge in [-0.25, -0.2) is 0 Å². The van der Waals surface area contributed by atoms with Gasteiger partial charge in [-0.1, -0.05) is 78.0 Å². The van der Waals surface area contributed by atoms with E-state index in [4.69, 9.17) is 9.83 Å². The molecule has 1 saturated carbocycles. The van der Waals surface area contributed by atoms with Gasteiger partial charge in [-0.15, -0.1) is 0 Å². The Morgan fingerprint density at radius 1 is 1.00 bits per heavy atom. The molecule has 0 amide bonds. The molecule has 1 heterocycles. The molecule has 0 atom stereocenters. The van der Waals surface area contributed by atoms with Crippen molar-refractivity contribution in [2.75, 3.05) is 13.7 Å². The summed E-state index contributed by atoms with van der Waals surface area (Å²) in [4.78, 5) is 10.0. The largest absolute Gasteiger partial charge is 0.399 e. The van der Waals surface area contributed by atoms with Crippen molar-refractivity contribution in [1.29, 1.82) is 0 Å². The standard InChI is InChI=1S/C25H24N2O/c1-28-27-23(18-12-13-18)24-22-14-15-25(16-19(22)17-26-24,20-8-4-2-5-9-20)21-10-6-3-7-11-21/h2-11,14-15,18H,12-13,16-17H2,1H3. The average molecular weight is 368 g/mol. The molecular formula is C25H24N2O. The molecular weight excluding hydrogens is 344 g/mol. The van der Waals surface area contributed by atoms with Crippen LogP contribution in [-0.4, -0.2) is 25.1 Å². The van der Waals surface area contributed by atoms with Crippen molar-refractivity contribution in [3.63, 3.8) is 0 Å². The lowest BCUT2D eigenvalue weighted by Gasteiger charge is -2.35. The lowest BCUT2D eigenvalue weighted by molar-refractivity contribution is 0.213. The minimum Gasteiger partial charge on any atom is -0.399 e. The highest BCUT2D eigenvalue weighted by Crippen LogP contribution is 2.45. The van der Waals surface area contributed by atoms with Crippen LogP contribution in [-0.2, 0) is 10.3 Å². The number of rotatable bonds is 5. The smallest absolute Gasteiger partial charge is 0.109 e. The number of oxime groups is 1. The van der Waals surface area contributed by atoms with Crippen LogP contribution in [0.4, 0.5) is 0 Å². The van der Waals surface area contributed by atoms with E-state index in [1.165, 1.54) is 35.1 Å². The third kappa shape index (κ3) is 2.82. The quantitative estimate of drug-likeness (QED) is 0.534. The fourth-order valence-electron chi connectivity index (χ4n) is 4.50. The molecule has 0 bridgehead atoms. The molecule has 5 rings (SSSR count). The van der Waals surface area contributed by atoms with Gasteiger partial charge in [-0.2, -0.15) is 0 Å². The SMILES string of the molecule is CON=C(C1=NCC2=C1C=CC(c1ccccc1)(c1ccccc1)C2)C1CC1. The van der Waals surface area contributed by atoms with E-state index in [9.17, 15) is 0 Å². The Hall–Kier alpha value is -2.94. The topological polar surface area (TPSA) is 34.0 Å². The first kappa shape index (κ1) is 17.2. The summed E-state index contributed by atoms with van der Waals surface area (Å²) in [6.07, 6.45) is 7.97. The maximum atomic E-state index is 5.14. The Morgan fingerprint density at radius 3 is 2.21 bits per heavy atom. The highest BCUT2D eigenvalue weighted by molar-refractivity contribution is 6.50. The van der Waals surface area contributed by atoms with Crippen LogP contribution in [0.25, 0.3) is 0 Å². The van der Waals surface area contributed by atoms with E-state index in [1.54, 1.807) is 7.11 Å². The lowest BCUT2D eigenvalue weighted by Crippen LogP contribution is -2.29. The van der Waals surface area contributed by atoms with Crippen LogP contribution in [0.15, 0.2) is 94.1 Å². The molecule has 3 heteroatoms. The first-order valence-electron chi connectivity index (χ1n) is 10.0. The van der Waals surface area contributed by atoms with Gasteiger partial charge in [0.25, 0.3) is 0 Å². The van der Waals surface area contributed by atoms with Crippen LogP contribution in [0.5, 0.6) is 0 Å². The molecule has 2 aromatic rings. The van der Waals surface area contributed by atoms with Crippen molar-refractivity contribution in [2.24, 2.45) is 16.1 Å². The molecule has 0 unspecified atom stereocenters. The molecule has 3 aliphatic rings. The molecule has 140 valence electrons. The fourth-order valence-corrected chi connectivity index (χ4v) is 4.50. The second-order valence-electron chi connectivity index (χ2n) is 7.83. The highest BCUT2D eigenvalue weighted by Gasteiger charge is 2.40. The van der Waals surface area contributed by atoms with Gasteiger partial charge >= 0.3 is 0 Å². The summed E-state index contributed by atoms with van der Waals surface area (Å²) in [5, 5.41) is 4.33. The van der Waals surface area contributed by atoms with Crippen LogP contribution >= 0.6 is 0 Å². The van der Waals surface area contributed by atoms with Gasteiger partial charge in [0.1, 0.15) is 12.8 Å². The van der Waals surface area contributed by atoms with Gasteiger partial charge in [0.05, 0.1) is 12.3 Å². The van der Waals surface area contributed by atoms with E-state index in [0.29, 0.717) is 5.92 Å². The molecule has 0 spiro atoms. The zero-order valence-electron chi connectivity index (χ0n) is 16.1. The van der Waals surface area contributed by atoms with Crippen molar-refractivity contribution in [1.82, 2.24) is 0 Å². The van der Waals surface area contributed by atoms with Crippen molar-refractivity contribution in [3.05, 3.63) is 95.1 Å². The second kappa shape index (κ2) is 6.90. The minimum atomic E-state index is -0.148. The zero-order valence-corrected chi connectivity index (χ0v) is 16.1. The predicted molar refractivity (Wildman–Crippen MR) is 114 cm³/mol. The number of aliphatic imine (C=N–C) groups is 1. The van der Waals surface area contributed by atoms with Gasteiger partial charge in [-0.3, -0.25) is 4.99 Å². The Balaban J connectivity index is 1.56. The average Bonchev–Trinajstić information content (AvgIpc) is 3.52. The van der Waals surface area contributed by atoms with Crippen LogP contribution in [0.2, 0.25) is 0 Å². The third-order valence-electron chi connectivity index (χ3n) is 6.06. The molecule has 0 N–H and O–H groups in total. The molecule has 28 heavy (non-hydrogen) atoms. The van der Waals surface area contributed by atoms with Crippen LogP contribution in [0, 0.1) is 5.92 Å². The maximum absolute atomic E-state index is 5.14. The summed E-state index contributed by atoms with van der Waals surface area (Å²) in [6.45, 7) is 0.756. The van der Waals surface area contributed by atoms with E-state index in [1.807, 2.05) is 0 Å². The minimum absolute atomic E-state index is 0.148. The molecule has 2 aromatic carbocycles. The number of hydrogen-bond donors (Lipinski definition) is 0. The summed E-state index contributed by atoms with van der Waals surface area (Å²) in [6, 6.07) is 21.6. The number of hydrogen-bond acceptors (Lipinski definition) is 3. The monoisotopic (exact) mass is 368 g/mol. The first-order valence-corrected chi connectivity index (χ1v) is 10.0. The summed E-state index contributed by atoms with van der Waals surface area (Å²) < 4.78 is 0. The highest BCUT2D eigenvalue weighted by atomic mass is 16.6. The van der Waals surface area contributed by atoms with Gasteiger partial charge < -0.3 is 4.84 Å². The van der Waals surface area contributed by atoms with E-state index in [0.717, 1.165) is 24.4 Å². The molecule has 0 saturated heterocycles. The second-order valence-corrected chi connectivity index (χ2v) is 7.83. The Labute approximate surface area is 166 Å². The fraction of sp³-hybridized carbons (Fsp3) is 0.280. The summed E-state index contributed by atoms with van der Waals surface area (Å²) in [7, 11) is 1.62. The van der Waals surface area contributed by atoms with Crippen molar-refractivity contribution < 1.29 is 4.84 Å². The Bertz CT molecular complexity index is 956. The maximum Gasteiger partial charge on any atom is 0.109 e. The third-order valence-corrected chi connectivity index (χ3v) is 6.06. The summed E-state index contributed by atoms with van der Waals surface area (Å²) in [5.74, 6) is 0.508. The molecule has 0 radical (unpaired) electrons. The molecule has 1 fully saturated rings. The van der Waals surface area contributed by atoms with Crippen molar-refractivity contribution in [2.45, 2.75) is 24.7 Å². The number of allylic oxidation sites excluding steroid dienone is 3. The van der Waals surface area contributed by atoms with Crippen molar-refractivity contribution >= 4 is 11.4 Å². The lowest BCUT2D eigenvalue weighted by atomic mass is 9.67. The Kier molecular flexibility index (Phi) is 4.23. The molecule has 0 aromatic heterocycles.